The van der Waals surface area contributed by atoms with Gasteiger partial charge in [-0.1, -0.05) is 195 Å². The second-order valence-corrected chi connectivity index (χ2v) is 15.1. The molecule has 0 saturated heterocycles. The monoisotopic (exact) mass is 695 g/mol. The quantitative estimate of drug-likeness (QED) is 0.0364. The van der Waals surface area contributed by atoms with Crippen LogP contribution in [-0.4, -0.2) is 37.2 Å². The van der Waals surface area contributed by atoms with Crippen LogP contribution >= 0.6 is 0 Å². The number of carbonyl (C=O) groups excluding carboxylic acids is 3. The summed E-state index contributed by atoms with van der Waals surface area (Å²) in [4.78, 5) is 37.5. The molecule has 0 aromatic rings. The van der Waals surface area contributed by atoms with Crippen LogP contribution < -0.4 is 0 Å². The zero-order chi connectivity index (χ0) is 36.0. The van der Waals surface area contributed by atoms with E-state index in [1.54, 1.807) is 0 Å². The van der Waals surface area contributed by atoms with Gasteiger partial charge in [-0.05, 0) is 25.2 Å². The Morgan fingerprint density at radius 1 is 0.388 bits per heavy atom. The molecule has 0 aliphatic carbocycles. The van der Waals surface area contributed by atoms with Crippen LogP contribution in [0.5, 0.6) is 0 Å². The Hall–Kier alpha value is -1.59. The Labute approximate surface area is 304 Å². The molecule has 0 aromatic heterocycles. The minimum atomic E-state index is -0.757. The van der Waals surface area contributed by atoms with Gasteiger partial charge < -0.3 is 14.2 Å². The fourth-order valence-corrected chi connectivity index (χ4v) is 6.27. The summed E-state index contributed by atoms with van der Waals surface area (Å²) in [7, 11) is 0. The number of hydrogen-bond acceptors (Lipinski definition) is 6. The van der Waals surface area contributed by atoms with Crippen LogP contribution in [0.15, 0.2) is 0 Å². The van der Waals surface area contributed by atoms with Gasteiger partial charge in [0.15, 0.2) is 6.10 Å². The van der Waals surface area contributed by atoms with Crippen LogP contribution in [0, 0.1) is 5.92 Å². The van der Waals surface area contributed by atoms with Gasteiger partial charge in [0, 0.05) is 19.3 Å². The second kappa shape index (κ2) is 37.7. The molecule has 0 rings (SSSR count). The Morgan fingerprint density at radius 2 is 0.673 bits per heavy atom. The van der Waals surface area contributed by atoms with Crippen molar-refractivity contribution < 1.29 is 28.6 Å². The molecule has 0 aliphatic heterocycles. The van der Waals surface area contributed by atoms with E-state index >= 15 is 0 Å². The van der Waals surface area contributed by atoms with Crippen molar-refractivity contribution in [2.45, 2.75) is 239 Å². The Bertz CT molecular complexity index is 736. The van der Waals surface area contributed by atoms with Gasteiger partial charge in [0.05, 0.1) is 0 Å². The van der Waals surface area contributed by atoms with Gasteiger partial charge in [0.1, 0.15) is 13.2 Å². The van der Waals surface area contributed by atoms with Crippen LogP contribution in [0.25, 0.3) is 0 Å². The van der Waals surface area contributed by atoms with E-state index in [-0.39, 0.29) is 31.1 Å². The van der Waals surface area contributed by atoms with Crippen molar-refractivity contribution in [3.8, 4) is 0 Å². The molecule has 0 bridgehead atoms. The normalized spacial score (nSPS) is 11.9. The van der Waals surface area contributed by atoms with E-state index in [0.717, 1.165) is 63.7 Å². The van der Waals surface area contributed by atoms with Crippen LogP contribution in [0.4, 0.5) is 0 Å². The molecule has 6 nitrogen and oxygen atoms in total. The maximum atomic E-state index is 12.6. The van der Waals surface area contributed by atoms with Gasteiger partial charge in [-0.15, -0.1) is 0 Å². The summed E-state index contributed by atoms with van der Waals surface area (Å²) in [6, 6.07) is 0. The molecule has 0 amide bonds. The van der Waals surface area contributed by atoms with Crippen molar-refractivity contribution >= 4 is 17.9 Å². The van der Waals surface area contributed by atoms with Crippen LogP contribution in [0.3, 0.4) is 0 Å². The summed E-state index contributed by atoms with van der Waals surface area (Å²) in [5.74, 6) is -0.0661. The molecule has 0 radical (unpaired) electrons. The standard InChI is InChI=1S/C43H82O6/c1-5-7-9-11-13-15-16-18-24-28-32-36-43(46)49-40(37-47-41(44)34-30-26-22-17-14-12-10-8-6-2)38-48-42(45)35-31-27-23-20-19-21-25-29-33-39(3)4/h39-40H,5-38H2,1-4H3/t40-/m0/s1. The third-order valence-electron chi connectivity index (χ3n) is 9.54. The van der Waals surface area contributed by atoms with Crippen molar-refractivity contribution in [3.63, 3.8) is 0 Å². The van der Waals surface area contributed by atoms with Gasteiger partial charge in [-0.25, -0.2) is 0 Å². The smallest absolute Gasteiger partial charge is 0.306 e. The minimum absolute atomic E-state index is 0.0648. The van der Waals surface area contributed by atoms with Crippen molar-refractivity contribution in [3.05, 3.63) is 0 Å². The summed E-state index contributed by atoms with van der Waals surface area (Å²) >= 11 is 0. The molecule has 0 fully saturated rings. The van der Waals surface area contributed by atoms with E-state index in [1.165, 1.54) is 128 Å². The predicted octanol–water partition coefficient (Wildman–Crippen LogP) is 13.2. The average Bonchev–Trinajstić information content (AvgIpc) is 3.08. The molecule has 49 heavy (non-hydrogen) atoms. The van der Waals surface area contributed by atoms with Crippen molar-refractivity contribution in [2.24, 2.45) is 5.92 Å². The third-order valence-corrected chi connectivity index (χ3v) is 9.54. The summed E-state index contributed by atoms with van der Waals surface area (Å²) in [5, 5.41) is 0. The van der Waals surface area contributed by atoms with E-state index in [4.69, 9.17) is 14.2 Å². The van der Waals surface area contributed by atoms with Crippen LogP contribution in [-0.2, 0) is 28.6 Å². The van der Waals surface area contributed by atoms with Gasteiger partial charge in [0.2, 0.25) is 0 Å². The highest BCUT2D eigenvalue weighted by molar-refractivity contribution is 5.71. The first kappa shape index (κ1) is 47.4. The van der Waals surface area contributed by atoms with E-state index in [9.17, 15) is 14.4 Å². The zero-order valence-electron chi connectivity index (χ0n) is 33.1. The summed E-state index contributed by atoms with van der Waals surface area (Å²) in [6.07, 6.45) is 35.2. The molecule has 0 unspecified atom stereocenters. The molecule has 0 spiro atoms. The Kier molecular flexibility index (Phi) is 36.4. The van der Waals surface area contributed by atoms with Crippen LogP contribution in [0.2, 0.25) is 0 Å². The molecule has 0 aliphatic rings. The lowest BCUT2D eigenvalue weighted by molar-refractivity contribution is -0.167. The van der Waals surface area contributed by atoms with E-state index in [0.29, 0.717) is 19.3 Å². The maximum absolute atomic E-state index is 12.6. The molecule has 6 heteroatoms. The second-order valence-electron chi connectivity index (χ2n) is 15.1. The van der Waals surface area contributed by atoms with Gasteiger partial charge in [-0.2, -0.15) is 0 Å². The first-order valence-corrected chi connectivity index (χ1v) is 21.4. The minimum Gasteiger partial charge on any atom is -0.462 e. The van der Waals surface area contributed by atoms with Crippen molar-refractivity contribution in [2.75, 3.05) is 13.2 Å². The largest absolute Gasteiger partial charge is 0.462 e. The van der Waals surface area contributed by atoms with Gasteiger partial charge in [0.25, 0.3) is 0 Å². The van der Waals surface area contributed by atoms with E-state index in [2.05, 4.69) is 27.7 Å². The number of ether oxygens (including phenoxy) is 3. The topological polar surface area (TPSA) is 78.9 Å². The zero-order valence-corrected chi connectivity index (χ0v) is 33.1. The SMILES string of the molecule is CCCCCCCCCCCCCC(=O)O[C@@H](COC(=O)CCCCCCCCCCC)COC(=O)CCCCCCCCCCC(C)C. The number of rotatable bonds is 38. The highest BCUT2D eigenvalue weighted by Gasteiger charge is 2.19. The number of hydrogen-bond donors (Lipinski definition) is 0. The lowest BCUT2D eigenvalue weighted by Crippen LogP contribution is -2.30. The first-order valence-electron chi connectivity index (χ1n) is 21.4. The fraction of sp³-hybridized carbons (Fsp3) is 0.930. The van der Waals surface area contributed by atoms with E-state index < -0.39 is 6.10 Å². The fourth-order valence-electron chi connectivity index (χ4n) is 6.27. The molecular formula is C43H82O6. The number of unbranched alkanes of at least 4 members (excludes halogenated alkanes) is 25. The van der Waals surface area contributed by atoms with Crippen LogP contribution in [0.1, 0.15) is 233 Å². The number of esters is 3. The molecular weight excluding hydrogens is 612 g/mol. The van der Waals surface area contributed by atoms with E-state index in [1.807, 2.05) is 0 Å². The third kappa shape index (κ3) is 37.5. The summed E-state index contributed by atoms with van der Waals surface area (Å²) in [5.41, 5.74) is 0. The van der Waals surface area contributed by atoms with Gasteiger partial charge in [-0.3, -0.25) is 14.4 Å². The molecule has 290 valence electrons. The highest BCUT2D eigenvalue weighted by atomic mass is 16.6. The lowest BCUT2D eigenvalue weighted by Gasteiger charge is -2.18. The Morgan fingerprint density at radius 3 is 1.00 bits per heavy atom. The predicted molar refractivity (Wildman–Crippen MR) is 206 cm³/mol. The van der Waals surface area contributed by atoms with Gasteiger partial charge >= 0.3 is 17.9 Å². The Balaban J connectivity index is 4.34. The summed E-state index contributed by atoms with van der Waals surface area (Å²) in [6.45, 7) is 8.92. The molecule has 0 heterocycles. The summed E-state index contributed by atoms with van der Waals surface area (Å²) < 4.78 is 16.6. The number of carbonyl (C=O) groups is 3. The average molecular weight is 695 g/mol. The molecule has 0 aromatic carbocycles. The molecule has 1 atom stereocenters. The van der Waals surface area contributed by atoms with Crippen molar-refractivity contribution in [1.29, 1.82) is 0 Å². The maximum Gasteiger partial charge on any atom is 0.306 e. The highest BCUT2D eigenvalue weighted by Crippen LogP contribution is 2.15. The molecule has 0 N–H and O–H groups in total. The first-order chi connectivity index (χ1) is 23.9. The lowest BCUT2D eigenvalue weighted by atomic mass is 10.0. The molecule has 0 saturated carbocycles. The van der Waals surface area contributed by atoms with Crippen molar-refractivity contribution in [1.82, 2.24) is 0 Å².